The van der Waals surface area contributed by atoms with Gasteiger partial charge in [-0.25, -0.2) is 0 Å². The van der Waals surface area contributed by atoms with Crippen molar-refractivity contribution in [1.82, 2.24) is 15.0 Å². The van der Waals surface area contributed by atoms with E-state index in [0.29, 0.717) is 6.04 Å². The average molecular weight is 279 g/mol. The molecule has 0 aromatic carbocycles. The minimum atomic E-state index is -0.0376. The number of piperidine rings is 1. The zero-order valence-corrected chi connectivity index (χ0v) is 12.9. The molecule has 1 aliphatic heterocycles. The van der Waals surface area contributed by atoms with Crippen molar-refractivity contribution >= 4 is 5.91 Å². The van der Waals surface area contributed by atoms with E-state index in [1.807, 2.05) is 20.0 Å². The molecule has 1 amide bonds. The molecule has 20 heavy (non-hydrogen) atoms. The molecule has 0 aliphatic carbocycles. The van der Waals surface area contributed by atoms with Gasteiger partial charge in [-0.1, -0.05) is 5.16 Å². The van der Waals surface area contributed by atoms with Crippen LogP contribution in [-0.2, 0) is 4.79 Å². The van der Waals surface area contributed by atoms with Crippen molar-refractivity contribution in [1.29, 1.82) is 0 Å². The van der Waals surface area contributed by atoms with E-state index in [4.69, 9.17) is 4.52 Å². The lowest BCUT2D eigenvalue weighted by molar-refractivity contribution is -0.138. The van der Waals surface area contributed by atoms with Gasteiger partial charge in [-0.2, -0.15) is 0 Å². The van der Waals surface area contributed by atoms with Crippen LogP contribution in [0.3, 0.4) is 0 Å². The predicted molar refractivity (Wildman–Crippen MR) is 77.1 cm³/mol. The van der Waals surface area contributed by atoms with Crippen LogP contribution in [0.2, 0.25) is 0 Å². The largest absolute Gasteiger partial charge is 0.364 e. The monoisotopic (exact) mass is 279 g/mol. The molecule has 2 heterocycles. The molecule has 0 spiro atoms. The number of hydrogen-bond acceptors (Lipinski definition) is 4. The Hall–Kier alpha value is -1.36. The highest BCUT2D eigenvalue weighted by Crippen LogP contribution is 2.25. The number of nitrogens with zero attached hydrogens (tertiary/aromatic N) is 3. The van der Waals surface area contributed by atoms with E-state index < -0.39 is 0 Å². The van der Waals surface area contributed by atoms with Gasteiger partial charge in [0, 0.05) is 25.1 Å². The predicted octanol–water partition coefficient (Wildman–Crippen LogP) is 2.31. The maximum atomic E-state index is 12.6. The summed E-state index contributed by atoms with van der Waals surface area (Å²) in [7, 11) is 1.86. The zero-order chi connectivity index (χ0) is 14.7. The maximum Gasteiger partial charge on any atom is 0.226 e. The lowest BCUT2D eigenvalue weighted by Gasteiger charge is -2.36. The van der Waals surface area contributed by atoms with Crippen LogP contribution in [0.15, 0.2) is 16.9 Å². The van der Waals surface area contributed by atoms with Crippen molar-refractivity contribution in [3.8, 4) is 0 Å². The average Bonchev–Trinajstić information content (AvgIpc) is 2.99. The number of amides is 1. The Morgan fingerprint density at radius 1 is 1.40 bits per heavy atom. The molecule has 2 rings (SSSR count). The van der Waals surface area contributed by atoms with Gasteiger partial charge >= 0.3 is 0 Å². The molecule has 1 atom stereocenters. The Morgan fingerprint density at radius 3 is 2.55 bits per heavy atom. The highest BCUT2D eigenvalue weighted by molar-refractivity contribution is 5.79. The first kappa shape index (κ1) is 15.0. The number of carbonyl (C=O) groups excluding carboxylic acids is 1. The van der Waals surface area contributed by atoms with Crippen molar-refractivity contribution in [2.45, 2.75) is 45.7 Å². The summed E-state index contributed by atoms with van der Waals surface area (Å²) < 4.78 is 4.86. The third-order valence-corrected chi connectivity index (χ3v) is 4.42. The van der Waals surface area contributed by atoms with Crippen molar-refractivity contribution in [2.75, 3.05) is 20.1 Å². The van der Waals surface area contributed by atoms with Crippen LogP contribution >= 0.6 is 0 Å². The van der Waals surface area contributed by atoms with Gasteiger partial charge in [0.15, 0.2) is 0 Å². The SMILES string of the molecule is CC(C)N1CCC(C(=O)N(C)[C@@H](C)c2ccon2)CC1. The minimum Gasteiger partial charge on any atom is -0.364 e. The number of hydrogen-bond donors (Lipinski definition) is 0. The molecule has 0 saturated carbocycles. The van der Waals surface area contributed by atoms with E-state index in [9.17, 15) is 4.79 Å². The first-order chi connectivity index (χ1) is 9.50. The standard InChI is InChI=1S/C15H25N3O2/c1-11(2)18-8-5-13(6-9-18)15(19)17(4)12(3)14-7-10-20-16-14/h7,10-13H,5-6,8-9H2,1-4H3/t12-/m0/s1. The van der Waals surface area contributed by atoms with Gasteiger partial charge in [-0.15, -0.1) is 0 Å². The summed E-state index contributed by atoms with van der Waals surface area (Å²) in [6, 6.07) is 2.35. The first-order valence-corrected chi connectivity index (χ1v) is 7.41. The number of likely N-dealkylation sites (tertiary alicyclic amines) is 1. The van der Waals surface area contributed by atoms with Crippen LogP contribution in [-0.4, -0.2) is 47.0 Å². The summed E-state index contributed by atoms with van der Waals surface area (Å²) in [5.74, 6) is 0.369. The molecule has 1 fully saturated rings. The molecule has 1 saturated heterocycles. The van der Waals surface area contributed by atoms with Crippen molar-refractivity contribution in [3.05, 3.63) is 18.0 Å². The molecule has 5 nitrogen and oxygen atoms in total. The van der Waals surface area contributed by atoms with Gasteiger partial charge in [0.25, 0.3) is 0 Å². The summed E-state index contributed by atoms with van der Waals surface area (Å²) in [6.45, 7) is 8.43. The van der Waals surface area contributed by atoms with Crippen LogP contribution in [0.5, 0.6) is 0 Å². The number of aromatic nitrogens is 1. The molecule has 0 radical (unpaired) electrons. The van der Waals surface area contributed by atoms with Gasteiger partial charge in [-0.05, 0) is 46.7 Å². The fraction of sp³-hybridized carbons (Fsp3) is 0.733. The van der Waals surface area contributed by atoms with Gasteiger partial charge in [0.1, 0.15) is 12.0 Å². The van der Waals surface area contributed by atoms with Crippen LogP contribution in [0.1, 0.15) is 45.3 Å². The molecular weight excluding hydrogens is 254 g/mol. The summed E-state index contributed by atoms with van der Waals surface area (Å²) >= 11 is 0. The van der Waals surface area contributed by atoms with Gasteiger partial charge in [0.2, 0.25) is 5.91 Å². The minimum absolute atomic E-state index is 0.0376. The van der Waals surface area contributed by atoms with Gasteiger partial charge in [-0.3, -0.25) is 4.79 Å². The number of carbonyl (C=O) groups is 1. The van der Waals surface area contributed by atoms with E-state index in [1.54, 1.807) is 11.2 Å². The second-order valence-corrected chi connectivity index (χ2v) is 5.95. The second kappa shape index (κ2) is 6.39. The Bertz CT molecular complexity index is 422. The third-order valence-electron chi connectivity index (χ3n) is 4.42. The maximum absolute atomic E-state index is 12.6. The van der Waals surface area contributed by atoms with E-state index in [-0.39, 0.29) is 17.9 Å². The van der Waals surface area contributed by atoms with Gasteiger partial charge < -0.3 is 14.3 Å². The molecule has 5 heteroatoms. The van der Waals surface area contributed by atoms with Crippen LogP contribution in [0.25, 0.3) is 0 Å². The van der Waals surface area contributed by atoms with E-state index in [1.165, 1.54) is 0 Å². The number of rotatable bonds is 4. The zero-order valence-electron chi connectivity index (χ0n) is 12.9. The fourth-order valence-corrected chi connectivity index (χ4v) is 2.78. The molecule has 0 unspecified atom stereocenters. The van der Waals surface area contributed by atoms with Crippen LogP contribution in [0, 0.1) is 5.92 Å². The summed E-state index contributed by atoms with van der Waals surface area (Å²) in [5, 5.41) is 3.92. The molecule has 1 aromatic rings. The molecule has 1 aromatic heterocycles. The summed E-state index contributed by atoms with van der Waals surface area (Å²) in [5.41, 5.74) is 0.806. The Morgan fingerprint density at radius 2 is 2.05 bits per heavy atom. The topological polar surface area (TPSA) is 49.6 Å². The first-order valence-electron chi connectivity index (χ1n) is 7.41. The van der Waals surface area contributed by atoms with Crippen LogP contribution < -0.4 is 0 Å². The van der Waals surface area contributed by atoms with Crippen molar-refractivity contribution < 1.29 is 9.32 Å². The molecule has 112 valence electrons. The lowest BCUT2D eigenvalue weighted by Crippen LogP contribution is -2.44. The van der Waals surface area contributed by atoms with Crippen molar-refractivity contribution in [3.63, 3.8) is 0 Å². The smallest absolute Gasteiger partial charge is 0.226 e. The molecule has 0 N–H and O–H groups in total. The Kier molecular flexibility index (Phi) is 4.81. The molecule has 0 bridgehead atoms. The summed E-state index contributed by atoms with van der Waals surface area (Å²) in [4.78, 5) is 16.8. The Balaban J connectivity index is 1.91. The fourth-order valence-electron chi connectivity index (χ4n) is 2.78. The third kappa shape index (κ3) is 3.20. The van der Waals surface area contributed by atoms with Crippen LogP contribution in [0.4, 0.5) is 0 Å². The van der Waals surface area contributed by atoms with E-state index in [0.717, 1.165) is 31.6 Å². The van der Waals surface area contributed by atoms with E-state index >= 15 is 0 Å². The molecule has 1 aliphatic rings. The lowest BCUT2D eigenvalue weighted by atomic mass is 9.94. The van der Waals surface area contributed by atoms with Gasteiger partial charge in [0.05, 0.1) is 6.04 Å². The van der Waals surface area contributed by atoms with E-state index in [2.05, 4.69) is 23.9 Å². The van der Waals surface area contributed by atoms with Crippen molar-refractivity contribution in [2.24, 2.45) is 5.92 Å². The summed E-state index contributed by atoms with van der Waals surface area (Å²) in [6.07, 6.45) is 3.45. The Labute approximate surface area is 120 Å². The molecular formula is C15H25N3O2. The second-order valence-electron chi connectivity index (χ2n) is 5.95. The normalized spacial score (nSPS) is 19.2. The highest BCUT2D eigenvalue weighted by atomic mass is 16.5. The quantitative estimate of drug-likeness (QED) is 0.848. The highest BCUT2D eigenvalue weighted by Gasteiger charge is 2.30.